The summed E-state index contributed by atoms with van der Waals surface area (Å²) in [6.07, 6.45) is 2.12. The number of hydrogen-bond donors (Lipinski definition) is 1. The number of rotatable bonds is 2. The van der Waals surface area contributed by atoms with E-state index in [1.165, 1.54) is 17.7 Å². The van der Waals surface area contributed by atoms with Gasteiger partial charge in [0.25, 0.3) is 0 Å². The summed E-state index contributed by atoms with van der Waals surface area (Å²) in [7, 11) is 0. The quantitative estimate of drug-likeness (QED) is 0.831. The Morgan fingerprint density at radius 1 is 1.20 bits per heavy atom. The molecular weight excluding hydrogens is 275 g/mol. The molecule has 0 bridgehead atoms. The molecule has 20 heavy (non-hydrogen) atoms. The average molecular weight is 291 g/mol. The van der Waals surface area contributed by atoms with Crippen molar-refractivity contribution in [3.63, 3.8) is 0 Å². The molecule has 4 heteroatoms. The van der Waals surface area contributed by atoms with Crippen molar-refractivity contribution >= 4 is 23.0 Å². The van der Waals surface area contributed by atoms with Crippen LogP contribution in [0.15, 0.2) is 42.5 Å². The Morgan fingerprint density at radius 3 is 2.70 bits per heavy atom. The third-order valence-electron chi connectivity index (χ3n) is 3.82. The standard InChI is InChI=1S/C16H16ClFN2/c17-12-9-14(19)16(10-13(12)18)20-8-4-7-15(20)11-5-2-1-3-6-11/h1-3,5-6,9-10,15H,4,7-8,19H2. The van der Waals surface area contributed by atoms with Crippen LogP contribution in [0.25, 0.3) is 0 Å². The fraction of sp³-hybridized carbons (Fsp3) is 0.250. The van der Waals surface area contributed by atoms with Crippen LogP contribution in [0.2, 0.25) is 5.02 Å². The molecule has 0 aromatic heterocycles. The first-order chi connectivity index (χ1) is 9.66. The SMILES string of the molecule is Nc1cc(Cl)c(F)cc1N1CCCC1c1ccccc1. The zero-order valence-corrected chi connectivity index (χ0v) is 11.8. The topological polar surface area (TPSA) is 29.3 Å². The number of nitrogens with two attached hydrogens (primary N) is 1. The van der Waals surface area contributed by atoms with Crippen molar-refractivity contribution in [3.8, 4) is 0 Å². The van der Waals surface area contributed by atoms with Crippen molar-refractivity contribution in [2.75, 3.05) is 17.2 Å². The van der Waals surface area contributed by atoms with Gasteiger partial charge < -0.3 is 10.6 Å². The van der Waals surface area contributed by atoms with Gasteiger partial charge in [-0.3, -0.25) is 0 Å². The molecule has 2 nitrogen and oxygen atoms in total. The second-order valence-electron chi connectivity index (χ2n) is 5.09. The van der Waals surface area contributed by atoms with Crippen LogP contribution in [0.1, 0.15) is 24.4 Å². The minimum atomic E-state index is -0.422. The lowest BCUT2D eigenvalue weighted by Gasteiger charge is -2.28. The van der Waals surface area contributed by atoms with Crippen LogP contribution in [0.3, 0.4) is 0 Å². The number of nitrogen functional groups attached to an aromatic ring is 1. The monoisotopic (exact) mass is 290 g/mol. The minimum absolute atomic E-state index is 0.0710. The fourth-order valence-electron chi connectivity index (χ4n) is 2.88. The average Bonchev–Trinajstić information content (AvgIpc) is 2.93. The molecule has 0 radical (unpaired) electrons. The second kappa shape index (κ2) is 5.33. The number of anilines is 2. The van der Waals surface area contributed by atoms with E-state index in [0.717, 1.165) is 25.1 Å². The molecule has 1 fully saturated rings. The molecule has 3 rings (SSSR count). The number of halogens is 2. The number of hydrogen-bond acceptors (Lipinski definition) is 2. The normalized spacial score (nSPS) is 18.5. The molecule has 1 heterocycles. The van der Waals surface area contributed by atoms with Gasteiger partial charge in [-0.25, -0.2) is 4.39 Å². The summed E-state index contributed by atoms with van der Waals surface area (Å²) in [6, 6.07) is 13.4. The van der Waals surface area contributed by atoms with E-state index in [0.29, 0.717) is 5.69 Å². The van der Waals surface area contributed by atoms with Crippen molar-refractivity contribution in [2.45, 2.75) is 18.9 Å². The van der Waals surface area contributed by atoms with Crippen LogP contribution in [0.4, 0.5) is 15.8 Å². The van der Waals surface area contributed by atoms with Gasteiger partial charge in [0.05, 0.1) is 22.4 Å². The molecule has 0 saturated carbocycles. The lowest BCUT2D eigenvalue weighted by Crippen LogP contribution is -2.23. The summed E-state index contributed by atoms with van der Waals surface area (Å²) in [5.74, 6) is -0.422. The maximum absolute atomic E-state index is 13.7. The molecule has 2 aromatic rings. The Morgan fingerprint density at radius 2 is 1.95 bits per heavy atom. The third-order valence-corrected chi connectivity index (χ3v) is 4.11. The lowest BCUT2D eigenvalue weighted by molar-refractivity contribution is 0.626. The molecule has 0 amide bonds. The second-order valence-corrected chi connectivity index (χ2v) is 5.49. The van der Waals surface area contributed by atoms with Gasteiger partial charge in [-0.2, -0.15) is 0 Å². The van der Waals surface area contributed by atoms with Gasteiger partial charge in [-0.1, -0.05) is 41.9 Å². The highest BCUT2D eigenvalue weighted by Gasteiger charge is 2.27. The van der Waals surface area contributed by atoms with Gasteiger partial charge >= 0.3 is 0 Å². The van der Waals surface area contributed by atoms with E-state index >= 15 is 0 Å². The van der Waals surface area contributed by atoms with Crippen LogP contribution in [-0.2, 0) is 0 Å². The molecule has 1 atom stereocenters. The van der Waals surface area contributed by atoms with Crippen LogP contribution in [-0.4, -0.2) is 6.54 Å². The lowest BCUT2D eigenvalue weighted by atomic mass is 10.0. The summed E-state index contributed by atoms with van der Waals surface area (Å²) in [4.78, 5) is 2.17. The van der Waals surface area contributed by atoms with E-state index in [4.69, 9.17) is 17.3 Å². The Kier molecular flexibility index (Phi) is 3.53. The molecular formula is C16H16ClFN2. The summed E-state index contributed by atoms with van der Waals surface area (Å²) in [5.41, 5.74) is 8.52. The van der Waals surface area contributed by atoms with Gasteiger partial charge in [0, 0.05) is 12.6 Å². The van der Waals surface area contributed by atoms with Crippen molar-refractivity contribution in [1.29, 1.82) is 0 Å². The van der Waals surface area contributed by atoms with Crippen molar-refractivity contribution in [1.82, 2.24) is 0 Å². The zero-order valence-electron chi connectivity index (χ0n) is 11.0. The minimum Gasteiger partial charge on any atom is -0.397 e. The summed E-state index contributed by atoms with van der Waals surface area (Å²) >= 11 is 5.77. The maximum atomic E-state index is 13.7. The van der Waals surface area contributed by atoms with Crippen LogP contribution < -0.4 is 10.6 Å². The Hall–Kier alpha value is -1.74. The molecule has 2 N–H and O–H groups in total. The molecule has 1 aliphatic heterocycles. The van der Waals surface area contributed by atoms with E-state index in [9.17, 15) is 4.39 Å². The first-order valence-electron chi connectivity index (χ1n) is 6.73. The predicted octanol–water partition coefficient (Wildman–Crippen LogP) is 4.40. The Labute approximate surface area is 123 Å². The van der Waals surface area contributed by atoms with Crippen molar-refractivity contribution in [3.05, 3.63) is 58.9 Å². The maximum Gasteiger partial charge on any atom is 0.144 e. The van der Waals surface area contributed by atoms with Crippen LogP contribution >= 0.6 is 11.6 Å². The highest BCUT2D eigenvalue weighted by Crippen LogP contribution is 2.40. The fourth-order valence-corrected chi connectivity index (χ4v) is 3.05. The smallest absolute Gasteiger partial charge is 0.144 e. The zero-order chi connectivity index (χ0) is 14.1. The van der Waals surface area contributed by atoms with Gasteiger partial charge in [0.1, 0.15) is 5.82 Å². The highest BCUT2D eigenvalue weighted by molar-refractivity contribution is 6.31. The third kappa shape index (κ3) is 2.34. The first-order valence-corrected chi connectivity index (χ1v) is 7.10. The molecule has 0 spiro atoms. The number of benzene rings is 2. The Balaban J connectivity index is 1.99. The largest absolute Gasteiger partial charge is 0.397 e. The van der Waals surface area contributed by atoms with Gasteiger partial charge in [-0.15, -0.1) is 0 Å². The molecule has 1 saturated heterocycles. The molecule has 1 aliphatic rings. The van der Waals surface area contributed by atoms with Crippen molar-refractivity contribution < 1.29 is 4.39 Å². The van der Waals surface area contributed by atoms with E-state index in [1.54, 1.807) is 0 Å². The van der Waals surface area contributed by atoms with E-state index in [-0.39, 0.29) is 11.1 Å². The number of nitrogens with zero attached hydrogens (tertiary/aromatic N) is 1. The molecule has 2 aromatic carbocycles. The molecule has 0 aliphatic carbocycles. The molecule has 1 unspecified atom stereocenters. The van der Waals surface area contributed by atoms with Gasteiger partial charge in [-0.05, 0) is 24.5 Å². The first kappa shape index (κ1) is 13.3. The summed E-state index contributed by atoms with van der Waals surface area (Å²) < 4.78 is 13.7. The van der Waals surface area contributed by atoms with Crippen LogP contribution in [0.5, 0.6) is 0 Å². The van der Waals surface area contributed by atoms with Gasteiger partial charge in [0.2, 0.25) is 0 Å². The predicted molar refractivity (Wildman–Crippen MR) is 81.6 cm³/mol. The van der Waals surface area contributed by atoms with Crippen LogP contribution in [0, 0.1) is 5.82 Å². The summed E-state index contributed by atoms with van der Waals surface area (Å²) in [6.45, 7) is 0.880. The van der Waals surface area contributed by atoms with E-state index in [2.05, 4.69) is 17.0 Å². The van der Waals surface area contributed by atoms with E-state index < -0.39 is 5.82 Å². The van der Waals surface area contributed by atoms with E-state index in [1.807, 2.05) is 18.2 Å². The highest BCUT2D eigenvalue weighted by atomic mass is 35.5. The summed E-state index contributed by atoms with van der Waals surface area (Å²) in [5, 5.41) is 0.0710. The Bertz CT molecular complexity index is 615. The van der Waals surface area contributed by atoms with Gasteiger partial charge in [0.15, 0.2) is 0 Å². The molecule has 104 valence electrons. The van der Waals surface area contributed by atoms with Crippen molar-refractivity contribution in [2.24, 2.45) is 0 Å².